The molecule has 5 fully saturated rings. The van der Waals surface area contributed by atoms with Crippen LogP contribution in [-0.4, -0.2) is 96.8 Å². The van der Waals surface area contributed by atoms with E-state index in [4.69, 9.17) is 9.47 Å². The molecule has 19 heteroatoms. The van der Waals surface area contributed by atoms with E-state index in [0.717, 1.165) is 57.5 Å². The van der Waals surface area contributed by atoms with Gasteiger partial charge in [-0.15, -0.1) is 0 Å². The summed E-state index contributed by atoms with van der Waals surface area (Å²) in [6.07, 6.45) is 11.7. The molecule has 4 N–H and O–H groups in total. The number of rotatable bonds is 13. The molecule has 3 saturated carbocycles. The molecule has 1 amide bonds. The van der Waals surface area contributed by atoms with Crippen LogP contribution in [0.25, 0.3) is 11.0 Å². The topological polar surface area (TPSA) is 226 Å². The number of likely N-dealkylation sites (tertiary alicyclic amines) is 1. The van der Waals surface area contributed by atoms with E-state index < -0.39 is 52.1 Å². The minimum absolute atomic E-state index is 0.0411. The number of piperidine rings is 1. The molecular weight excluding hydrogens is 959 g/mol. The molecule has 3 aliphatic carbocycles. The lowest BCUT2D eigenvalue weighted by Crippen LogP contribution is -2.54. The summed E-state index contributed by atoms with van der Waals surface area (Å²) in [5.41, 5.74) is 2.70. The van der Waals surface area contributed by atoms with E-state index in [2.05, 4.69) is 67.9 Å². The van der Waals surface area contributed by atoms with Crippen LogP contribution in [0.3, 0.4) is 0 Å². The predicted octanol–water partition coefficient (Wildman–Crippen LogP) is 9.14. The quantitative estimate of drug-likeness (QED) is 0.0637. The van der Waals surface area contributed by atoms with Gasteiger partial charge in [-0.3, -0.25) is 19.8 Å². The summed E-state index contributed by atoms with van der Waals surface area (Å²) in [4.78, 5) is 38.1. The number of nitrogens with one attached hydrogen (secondary N) is 3. The number of aliphatic hydroxyl groups is 1. The Morgan fingerprint density at radius 1 is 0.944 bits per heavy atom. The van der Waals surface area contributed by atoms with Crippen LogP contribution in [0.4, 0.5) is 17.1 Å². The number of nitro groups is 1. The van der Waals surface area contributed by atoms with Gasteiger partial charge in [0.25, 0.3) is 21.6 Å². The summed E-state index contributed by atoms with van der Waals surface area (Å²) < 4.78 is 70.7. The third-order valence-corrected chi connectivity index (χ3v) is 20.1. The molecule has 5 aromatic rings. The number of aromatic nitrogens is 2. The summed E-state index contributed by atoms with van der Waals surface area (Å²) in [7, 11) is -8.73. The summed E-state index contributed by atoms with van der Waals surface area (Å²) in [6, 6.07) is 19.7. The summed E-state index contributed by atoms with van der Waals surface area (Å²) in [5, 5.41) is 25.8. The van der Waals surface area contributed by atoms with Gasteiger partial charge in [0.1, 0.15) is 18.0 Å². The maximum atomic E-state index is 14.4. The number of nitro benzene ring substituents is 1. The number of anilines is 2. The number of fused-ring (bicyclic) bond motifs is 2. The highest BCUT2D eigenvalue weighted by atomic mass is 32.2. The fourth-order valence-electron chi connectivity index (χ4n) is 12.3. The molecule has 382 valence electrons. The van der Waals surface area contributed by atoms with Crippen LogP contribution in [0, 0.1) is 21.4 Å². The van der Waals surface area contributed by atoms with Crippen molar-refractivity contribution in [2.45, 2.75) is 143 Å². The van der Waals surface area contributed by atoms with Gasteiger partial charge in [-0.1, -0.05) is 38.1 Å². The summed E-state index contributed by atoms with van der Waals surface area (Å²) in [6.45, 7) is 9.03. The van der Waals surface area contributed by atoms with Crippen molar-refractivity contribution in [1.82, 2.24) is 19.6 Å². The molecule has 72 heavy (non-hydrogen) atoms. The number of pyridine rings is 1. The minimum atomic E-state index is -4.79. The zero-order valence-electron chi connectivity index (χ0n) is 40.9. The second kappa shape index (κ2) is 18.3. The zero-order chi connectivity index (χ0) is 50.3. The van der Waals surface area contributed by atoms with Crippen LogP contribution >= 0.6 is 0 Å². The van der Waals surface area contributed by atoms with Crippen molar-refractivity contribution < 1.29 is 41.1 Å². The molecule has 2 saturated heterocycles. The molecule has 0 bridgehead atoms. The van der Waals surface area contributed by atoms with Crippen molar-refractivity contribution >= 4 is 53.9 Å². The fourth-order valence-corrected chi connectivity index (χ4v) is 14.9. The number of benzene rings is 3. The Balaban J connectivity index is 0.853. The summed E-state index contributed by atoms with van der Waals surface area (Å²) in [5.74, 6) is -0.806. The molecule has 3 aliphatic heterocycles. The van der Waals surface area contributed by atoms with E-state index in [9.17, 15) is 36.9 Å². The molecule has 5 heterocycles. The van der Waals surface area contributed by atoms with Crippen LogP contribution in [0.15, 0.2) is 82.8 Å². The maximum absolute atomic E-state index is 14.4. The van der Waals surface area contributed by atoms with Gasteiger partial charge in [-0.2, -0.15) is 0 Å². The lowest BCUT2D eigenvalue weighted by atomic mass is 9.59. The van der Waals surface area contributed by atoms with Crippen molar-refractivity contribution in [3.05, 3.63) is 99.7 Å². The normalized spacial score (nSPS) is 24.6. The molecule has 2 atom stereocenters. The number of aromatic amines is 1. The van der Waals surface area contributed by atoms with E-state index in [0.29, 0.717) is 73.2 Å². The molecule has 11 rings (SSSR count). The SMILES string of the molecule is CC(C)c1ccccc1[C@@H]1CCCN1C1CC2(CCN(c3ccc(C(=O)NS(=O)(=O)c4cc5c(c([N+](=O)[O-])c4)N[C@@H]([C@H]4CC[C@](C)(O)CC4)CO5)c(Oc4cc5cc[nH]c5nc4S(=O)(=O)C4CC4)c3)CC2)C1. The highest BCUT2D eigenvalue weighted by molar-refractivity contribution is 7.92. The Morgan fingerprint density at radius 2 is 1.69 bits per heavy atom. The predicted molar refractivity (Wildman–Crippen MR) is 272 cm³/mol. The number of H-pyrrole nitrogens is 1. The third kappa shape index (κ3) is 9.19. The first-order valence-electron chi connectivity index (χ1n) is 25.5. The van der Waals surface area contributed by atoms with E-state index in [-0.39, 0.29) is 57.5 Å². The van der Waals surface area contributed by atoms with E-state index in [1.54, 1.807) is 37.4 Å². The summed E-state index contributed by atoms with van der Waals surface area (Å²) >= 11 is 0. The number of hydrogen-bond donors (Lipinski definition) is 4. The van der Waals surface area contributed by atoms with E-state index in [1.807, 2.05) is 0 Å². The highest BCUT2D eigenvalue weighted by Crippen LogP contribution is 2.55. The Hall–Kier alpha value is -5.76. The van der Waals surface area contributed by atoms with Crippen LogP contribution in [0.2, 0.25) is 0 Å². The molecule has 3 aromatic carbocycles. The molecule has 0 radical (unpaired) electrons. The van der Waals surface area contributed by atoms with Crippen molar-refractivity contribution in [3.63, 3.8) is 0 Å². The minimum Gasteiger partial charge on any atom is -0.489 e. The Kier molecular flexibility index (Phi) is 12.3. The number of nitrogens with zero attached hydrogens (tertiary/aromatic N) is 4. The third-order valence-electron chi connectivity index (χ3n) is 16.6. The van der Waals surface area contributed by atoms with Gasteiger partial charge >= 0.3 is 0 Å². The van der Waals surface area contributed by atoms with Crippen molar-refractivity contribution in [1.29, 1.82) is 0 Å². The first-order chi connectivity index (χ1) is 34.4. The molecule has 6 aliphatic rings. The standard InChI is InChI=1S/C53H63N7O10S2/c1-32(2)39-7-4-5-8-40(39)43-9-6-22-59(43)36-29-53(30-36)19-23-58(24-20-53)35-10-13-41(45(26-35)70-47-25-34-16-21-54-49(34)56-51(47)71(65,66)37-11-12-37)50(61)57-72(67,68)38-27-44(60(63)64)48-46(28-38)69-31-42(55-48)33-14-17-52(3,62)18-15-33/h4-5,7-8,10,13,16,21,25-28,32-33,36-37,42-43,55,62H,6,9,11-12,14-15,17-20,22-24,29-31H2,1-3H3,(H,54,56)(H,57,61)/t33-,42-,43+,52-/m1/s1. The number of carbonyl (C=O) groups excluding carboxylic acids is 1. The van der Waals surface area contributed by atoms with Crippen LogP contribution < -0.4 is 24.4 Å². The molecule has 17 nitrogen and oxygen atoms in total. The van der Waals surface area contributed by atoms with Gasteiger partial charge in [0.05, 0.1) is 32.3 Å². The fraction of sp³-hybridized carbons (Fsp3) is 0.509. The average molecular weight is 1020 g/mol. The number of carbonyl (C=O) groups is 1. The first-order valence-corrected chi connectivity index (χ1v) is 28.5. The van der Waals surface area contributed by atoms with Gasteiger partial charge in [0.2, 0.25) is 14.9 Å². The highest BCUT2D eigenvalue weighted by Gasteiger charge is 2.50. The lowest BCUT2D eigenvalue weighted by molar-refractivity contribution is -0.384. The van der Waals surface area contributed by atoms with Crippen LogP contribution in [0.5, 0.6) is 17.2 Å². The van der Waals surface area contributed by atoms with Crippen molar-refractivity contribution in [2.24, 2.45) is 11.3 Å². The van der Waals surface area contributed by atoms with E-state index in [1.165, 1.54) is 30.0 Å². The first kappa shape index (κ1) is 48.5. The Bertz CT molecular complexity index is 3160. The van der Waals surface area contributed by atoms with Gasteiger partial charge in [-0.25, -0.2) is 26.5 Å². The van der Waals surface area contributed by atoms with Gasteiger partial charge in [0, 0.05) is 60.6 Å². The second-order valence-electron chi connectivity index (χ2n) is 21.9. The number of ether oxygens (including phenoxy) is 2. The monoisotopic (exact) mass is 1020 g/mol. The molecule has 2 aromatic heterocycles. The maximum Gasteiger partial charge on any atom is 0.297 e. The number of sulfonamides is 1. The molecule has 0 unspecified atom stereocenters. The van der Waals surface area contributed by atoms with Crippen LogP contribution in [0.1, 0.15) is 131 Å². The smallest absolute Gasteiger partial charge is 0.297 e. The van der Waals surface area contributed by atoms with Crippen molar-refractivity contribution in [2.75, 3.05) is 36.5 Å². The lowest BCUT2D eigenvalue weighted by Gasteiger charge is -2.56. The zero-order valence-corrected chi connectivity index (χ0v) is 42.6. The molecular formula is C53H63N7O10S2. The Morgan fingerprint density at radius 3 is 2.42 bits per heavy atom. The van der Waals surface area contributed by atoms with Gasteiger partial charge in [-0.05, 0) is 143 Å². The van der Waals surface area contributed by atoms with Gasteiger partial charge in [0.15, 0.2) is 17.2 Å². The van der Waals surface area contributed by atoms with Gasteiger partial charge < -0.3 is 29.8 Å². The number of sulfone groups is 1. The van der Waals surface area contributed by atoms with Crippen LogP contribution in [-0.2, 0) is 19.9 Å². The van der Waals surface area contributed by atoms with Crippen molar-refractivity contribution in [3.8, 4) is 17.2 Å². The number of amides is 1. The van der Waals surface area contributed by atoms with E-state index >= 15 is 0 Å². The largest absolute Gasteiger partial charge is 0.489 e. The molecule has 1 spiro atoms. The second-order valence-corrected chi connectivity index (χ2v) is 25.7. The Labute approximate surface area is 420 Å². The average Bonchev–Trinajstić information content (AvgIpc) is 3.94. The number of hydrogen-bond acceptors (Lipinski definition) is 14.